The van der Waals surface area contributed by atoms with Gasteiger partial charge in [0.05, 0.1) is 0 Å². The Labute approximate surface area is 180 Å². The number of nitrogens with one attached hydrogen (secondary N) is 2. The van der Waals surface area contributed by atoms with E-state index in [4.69, 9.17) is 10.5 Å². The Morgan fingerprint density at radius 3 is 2.10 bits per heavy atom. The molecular weight excluding hydrogens is 402 g/mol. The number of nitrogens with two attached hydrogens (primary N) is 1. The summed E-state index contributed by atoms with van der Waals surface area (Å²) in [5.41, 5.74) is 7.19. The molecule has 0 aliphatic carbocycles. The molecule has 8 heteroatoms. The Morgan fingerprint density at radius 2 is 1.53 bits per heavy atom. The monoisotopic (exact) mass is 429 g/mol. The van der Waals surface area contributed by atoms with Crippen molar-refractivity contribution in [1.82, 2.24) is 10.6 Å². The van der Waals surface area contributed by atoms with Crippen LogP contribution >= 0.6 is 11.8 Å². The van der Waals surface area contributed by atoms with Gasteiger partial charge in [0.25, 0.3) is 0 Å². The zero-order chi connectivity index (χ0) is 21.8. The van der Waals surface area contributed by atoms with Gasteiger partial charge in [0.2, 0.25) is 11.8 Å². The summed E-state index contributed by atoms with van der Waals surface area (Å²) in [5, 5.41) is 5.25. The number of hydrogen-bond donors (Lipinski definition) is 3. The average molecular weight is 430 g/mol. The van der Waals surface area contributed by atoms with Gasteiger partial charge >= 0.3 is 6.09 Å². The highest BCUT2D eigenvalue weighted by atomic mass is 32.2. The van der Waals surface area contributed by atoms with Crippen molar-refractivity contribution in [2.75, 3.05) is 12.0 Å². The molecule has 0 fully saturated rings. The highest BCUT2D eigenvalue weighted by Gasteiger charge is 2.26. The van der Waals surface area contributed by atoms with E-state index in [0.717, 1.165) is 11.1 Å². The third-order valence-electron chi connectivity index (χ3n) is 4.37. The highest BCUT2D eigenvalue weighted by Crippen LogP contribution is 2.07. The van der Waals surface area contributed by atoms with Crippen LogP contribution in [0.1, 0.15) is 17.5 Å². The normalized spacial score (nSPS) is 12.4. The molecule has 0 heterocycles. The predicted molar refractivity (Wildman–Crippen MR) is 118 cm³/mol. The van der Waals surface area contributed by atoms with E-state index in [9.17, 15) is 14.4 Å². The maximum atomic E-state index is 12.8. The fourth-order valence-electron chi connectivity index (χ4n) is 2.76. The smallest absolute Gasteiger partial charge is 0.408 e. The number of amides is 3. The molecule has 0 aliphatic rings. The molecular formula is C22H27N3O4S. The standard InChI is InChI=1S/C22H27N3O4S/c1-30-13-12-18(25-22(28)29-15-17-10-6-3-7-11-17)21(27)24-19(20(23)26)14-16-8-4-2-5-9-16/h2-11,18-19H,12-15H2,1H3,(H2,23,26)(H,24,27)(H,25,28)/t18-,19-/m1/s1. The summed E-state index contributed by atoms with van der Waals surface area (Å²) in [6.45, 7) is 0.0987. The first-order valence-corrected chi connectivity index (χ1v) is 11.0. The molecule has 0 unspecified atom stereocenters. The largest absolute Gasteiger partial charge is 0.445 e. The van der Waals surface area contributed by atoms with Gasteiger partial charge in [0.15, 0.2) is 0 Å². The molecule has 0 aliphatic heterocycles. The molecule has 2 rings (SSSR count). The zero-order valence-corrected chi connectivity index (χ0v) is 17.7. The van der Waals surface area contributed by atoms with Gasteiger partial charge in [0.1, 0.15) is 18.7 Å². The first-order chi connectivity index (χ1) is 14.5. The van der Waals surface area contributed by atoms with Crippen molar-refractivity contribution in [3.8, 4) is 0 Å². The molecule has 0 radical (unpaired) electrons. The second-order valence-corrected chi connectivity index (χ2v) is 7.68. The van der Waals surface area contributed by atoms with Gasteiger partial charge < -0.3 is 21.1 Å². The molecule has 2 aromatic rings. The minimum Gasteiger partial charge on any atom is -0.445 e. The molecule has 160 valence electrons. The quantitative estimate of drug-likeness (QED) is 0.507. The van der Waals surface area contributed by atoms with Gasteiger partial charge in [-0.25, -0.2) is 4.79 Å². The lowest BCUT2D eigenvalue weighted by molar-refractivity contribution is -0.128. The predicted octanol–water partition coefficient (Wildman–Crippen LogP) is 2.25. The Balaban J connectivity index is 1.96. The van der Waals surface area contributed by atoms with E-state index in [2.05, 4.69) is 10.6 Å². The second-order valence-electron chi connectivity index (χ2n) is 6.69. The molecule has 0 saturated heterocycles. The van der Waals surface area contributed by atoms with Gasteiger partial charge in [-0.3, -0.25) is 9.59 Å². The van der Waals surface area contributed by atoms with E-state index < -0.39 is 30.0 Å². The van der Waals surface area contributed by atoms with Gasteiger partial charge in [-0.2, -0.15) is 11.8 Å². The fourth-order valence-corrected chi connectivity index (χ4v) is 3.23. The first kappa shape index (κ1) is 23.3. The van der Waals surface area contributed by atoms with Crippen molar-refractivity contribution in [3.05, 3.63) is 71.8 Å². The highest BCUT2D eigenvalue weighted by molar-refractivity contribution is 7.98. The Morgan fingerprint density at radius 1 is 0.933 bits per heavy atom. The number of primary amides is 1. The summed E-state index contributed by atoms with van der Waals surface area (Å²) >= 11 is 1.55. The van der Waals surface area contributed by atoms with E-state index in [0.29, 0.717) is 12.2 Å². The van der Waals surface area contributed by atoms with Crippen molar-refractivity contribution in [3.63, 3.8) is 0 Å². The van der Waals surface area contributed by atoms with Crippen LogP contribution in [-0.2, 0) is 27.4 Å². The van der Waals surface area contributed by atoms with Crippen LogP contribution in [0.5, 0.6) is 0 Å². The molecule has 0 spiro atoms. The van der Waals surface area contributed by atoms with Crippen molar-refractivity contribution in [1.29, 1.82) is 0 Å². The van der Waals surface area contributed by atoms with Crippen molar-refractivity contribution < 1.29 is 19.1 Å². The first-order valence-electron chi connectivity index (χ1n) is 9.59. The lowest BCUT2D eigenvalue weighted by atomic mass is 10.0. The molecule has 0 aromatic heterocycles. The number of rotatable bonds is 11. The zero-order valence-electron chi connectivity index (χ0n) is 16.9. The Bertz CT molecular complexity index is 818. The molecule has 0 saturated carbocycles. The van der Waals surface area contributed by atoms with E-state index >= 15 is 0 Å². The van der Waals surface area contributed by atoms with E-state index in [-0.39, 0.29) is 13.0 Å². The van der Waals surface area contributed by atoms with Crippen LogP contribution in [0, 0.1) is 0 Å². The summed E-state index contributed by atoms with van der Waals surface area (Å²) in [4.78, 5) is 36.8. The third kappa shape index (κ3) is 8.16. The molecule has 7 nitrogen and oxygen atoms in total. The van der Waals surface area contributed by atoms with E-state index in [1.54, 1.807) is 11.8 Å². The summed E-state index contributed by atoms with van der Waals surface area (Å²) in [6.07, 6.45) is 1.88. The van der Waals surface area contributed by atoms with Crippen LogP contribution in [0.25, 0.3) is 0 Å². The lowest BCUT2D eigenvalue weighted by Gasteiger charge is -2.21. The van der Waals surface area contributed by atoms with Crippen LogP contribution in [0.4, 0.5) is 4.79 Å². The maximum absolute atomic E-state index is 12.8. The number of carbonyl (C=O) groups is 3. The topological polar surface area (TPSA) is 111 Å². The minimum atomic E-state index is -0.876. The number of ether oxygens (including phenoxy) is 1. The summed E-state index contributed by atoms with van der Waals surface area (Å²) in [6, 6.07) is 16.8. The third-order valence-corrected chi connectivity index (χ3v) is 5.02. The minimum absolute atomic E-state index is 0.0987. The Kier molecular flexibility index (Phi) is 9.73. The van der Waals surface area contributed by atoms with Gasteiger partial charge in [-0.05, 0) is 29.6 Å². The van der Waals surface area contributed by atoms with Gasteiger partial charge in [-0.1, -0.05) is 60.7 Å². The fraction of sp³-hybridized carbons (Fsp3) is 0.318. The van der Waals surface area contributed by atoms with E-state index in [1.165, 1.54) is 0 Å². The number of carbonyl (C=O) groups excluding carboxylic acids is 3. The van der Waals surface area contributed by atoms with Crippen LogP contribution in [0.2, 0.25) is 0 Å². The molecule has 2 atom stereocenters. The maximum Gasteiger partial charge on any atom is 0.408 e. The van der Waals surface area contributed by atoms with E-state index in [1.807, 2.05) is 66.9 Å². The Hall–Kier alpha value is -3.00. The van der Waals surface area contributed by atoms with Gasteiger partial charge in [0, 0.05) is 6.42 Å². The van der Waals surface area contributed by atoms with Crippen molar-refractivity contribution >= 4 is 29.7 Å². The van der Waals surface area contributed by atoms with Crippen LogP contribution in [0.3, 0.4) is 0 Å². The molecule has 4 N–H and O–H groups in total. The van der Waals surface area contributed by atoms with Crippen LogP contribution in [-0.4, -0.2) is 42.0 Å². The van der Waals surface area contributed by atoms with Gasteiger partial charge in [-0.15, -0.1) is 0 Å². The van der Waals surface area contributed by atoms with Crippen molar-refractivity contribution in [2.24, 2.45) is 5.73 Å². The number of benzene rings is 2. The second kappa shape index (κ2) is 12.5. The average Bonchev–Trinajstić information content (AvgIpc) is 2.76. The lowest BCUT2D eigenvalue weighted by Crippen LogP contribution is -2.53. The van der Waals surface area contributed by atoms with Crippen molar-refractivity contribution in [2.45, 2.75) is 31.5 Å². The number of thioether (sulfide) groups is 1. The van der Waals surface area contributed by atoms with Crippen LogP contribution < -0.4 is 16.4 Å². The molecule has 2 aromatic carbocycles. The van der Waals surface area contributed by atoms with Crippen LogP contribution in [0.15, 0.2) is 60.7 Å². The molecule has 3 amide bonds. The number of alkyl carbamates (subject to hydrolysis) is 1. The summed E-state index contributed by atoms with van der Waals surface area (Å²) in [7, 11) is 0. The summed E-state index contributed by atoms with van der Waals surface area (Å²) in [5.74, 6) is -0.459. The number of hydrogen-bond acceptors (Lipinski definition) is 5. The molecule has 30 heavy (non-hydrogen) atoms. The summed E-state index contributed by atoms with van der Waals surface area (Å²) < 4.78 is 5.21. The molecule has 0 bridgehead atoms. The SMILES string of the molecule is CSCC[C@@H](NC(=O)OCc1ccccc1)C(=O)N[C@H](Cc1ccccc1)C(N)=O.